The second-order valence-corrected chi connectivity index (χ2v) is 4.64. The van der Waals surface area contributed by atoms with Gasteiger partial charge in [0.1, 0.15) is 11.6 Å². The van der Waals surface area contributed by atoms with Crippen LogP contribution in [0, 0.1) is 5.41 Å². The highest BCUT2D eigenvalue weighted by Crippen LogP contribution is 2.28. The molecule has 1 aliphatic rings. The molecule has 6 heteroatoms. The van der Waals surface area contributed by atoms with Gasteiger partial charge in [-0.3, -0.25) is 10.2 Å². The number of thiazole rings is 1. The quantitative estimate of drug-likeness (QED) is 0.842. The molecular formula is C12H9N3O2S. The molecule has 0 atom stereocenters. The Balaban J connectivity index is 1.94. The highest BCUT2D eigenvalue weighted by molar-refractivity contribution is 7.14. The van der Waals surface area contributed by atoms with Crippen molar-refractivity contribution in [2.24, 2.45) is 0 Å². The van der Waals surface area contributed by atoms with E-state index in [-0.39, 0.29) is 11.7 Å². The molecule has 0 aromatic carbocycles. The van der Waals surface area contributed by atoms with Crippen LogP contribution < -0.4 is 4.90 Å². The van der Waals surface area contributed by atoms with Crippen LogP contribution in [0.25, 0.3) is 6.08 Å². The van der Waals surface area contributed by atoms with E-state index >= 15 is 0 Å². The molecular weight excluding hydrogens is 250 g/mol. The Labute approximate surface area is 107 Å². The maximum atomic E-state index is 12.2. The number of carbonyl (C=O) groups is 1. The number of furan rings is 1. The standard InChI is InChI=1S/C12H9N3O2S/c13-10-7-8(6-9-2-1-4-17-9)11(16)15(10)12-14-3-5-18-12/h1-6,13H,7H2/b8-6-,13-10?. The first kappa shape index (κ1) is 10.9. The summed E-state index contributed by atoms with van der Waals surface area (Å²) in [6.07, 6.45) is 5.15. The molecule has 2 aromatic heterocycles. The third-order valence-corrected chi connectivity index (χ3v) is 3.33. The van der Waals surface area contributed by atoms with Crippen molar-refractivity contribution >= 4 is 34.3 Å². The number of anilines is 1. The number of nitrogens with one attached hydrogen (secondary N) is 1. The number of nitrogens with zero attached hydrogens (tertiary/aromatic N) is 2. The maximum absolute atomic E-state index is 12.2. The van der Waals surface area contributed by atoms with Gasteiger partial charge in [0.2, 0.25) is 0 Å². The first-order valence-corrected chi connectivity index (χ1v) is 6.19. The minimum absolute atomic E-state index is 0.202. The van der Waals surface area contributed by atoms with Crippen LogP contribution in [0.5, 0.6) is 0 Å². The minimum atomic E-state index is -0.202. The average Bonchev–Trinajstić information content (AvgIpc) is 3.03. The third-order valence-electron chi connectivity index (χ3n) is 2.58. The summed E-state index contributed by atoms with van der Waals surface area (Å²) < 4.78 is 5.17. The molecule has 2 aromatic rings. The smallest absolute Gasteiger partial charge is 0.262 e. The Bertz CT molecular complexity index is 614. The zero-order valence-corrected chi connectivity index (χ0v) is 10.1. The van der Waals surface area contributed by atoms with E-state index in [0.29, 0.717) is 22.9 Å². The molecule has 0 radical (unpaired) electrons. The molecule has 0 aliphatic carbocycles. The lowest BCUT2D eigenvalue weighted by Gasteiger charge is -2.10. The lowest BCUT2D eigenvalue weighted by molar-refractivity contribution is -0.113. The van der Waals surface area contributed by atoms with Crippen molar-refractivity contribution in [3.05, 3.63) is 41.3 Å². The molecule has 5 nitrogen and oxygen atoms in total. The summed E-state index contributed by atoms with van der Waals surface area (Å²) in [4.78, 5) is 17.6. The summed E-state index contributed by atoms with van der Waals surface area (Å²) in [6, 6.07) is 3.53. The van der Waals surface area contributed by atoms with Gasteiger partial charge in [0.25, 0.3) is 5.91 Å². The topological polar surface area (TPSA) is 70.2 Å². The zero-order chi connectivity index (χ0) is 12.5. The molecule has 1 fully saturated rings. The van der Waals surface area contributed by atoms with Gasteiger partial charge in [-0.15, -0.1) is 11.3 Å². The molecule has 90 valence electrons. The molecule has 0 saturated carbocycles. The van der Waals surface area contributed by atoms with Crippen LogP contribution in [0.1, 0.15) is 12.2 Å². The van der Waals surface area contributed by atoms with Crippen molar-refractivity contribution < 1.29 is 9.21 Å². The third kappa shape index (κ3) is 1.76. The van der Waals surface area contributed by atoms with Crippen molar-refractivity contribution in [1.82, 2.24) is 4.98 Å². The predicted octanol–water partition coefficient (Wildman–Crippen LogP) is 2.53. The van der Waals surface area contributed by atoms with Gasteiger partial charge >= 0.3 is 0 Å². The second kappa shape index (κ2) is 4.23. The van der Waals surface area contributed by atoms with Gasteiger partial charge in [0, 0.05) is 23.6 Å². The molecule has 0 unspecified atom stereocenters. The summed E-state index contributed by atoms with van der Waals surface area (Å²) in [5, 5.41) is 10.2. The predicted molar refractivity (Wildman–Crippen MR) is 68.6 cm³/mol. The molecule has 1 saturated heterocycles. The van der Waals surface area contributed by atoms with Crippen molar-refractivity contribution in [2.75, 3.05) is 4.90 Å². The van der Waals surface area contributed by atoms with E-state index in [0.717, 1.165) is 0 Å². The van der Waals surface area contributed by atoms with E-state index in [9.17, 15) is 4.79 Å². The number of hydrogen-bond donors (Lipinski definition) is 1. The first-order valence-electron chi connectivity index (χ1n) is 5.31. The van der Waals surface area contributed by atoms with E-state index < -0.39 is 0 Å². The number of amides is 1. The van der Waals surface area contributed by atoms with Crippen LogP contribution in [0.3, 0.4) is 0 Å². The number of carbonyl (C=O) groups excluding carboxylic acids is 1. The second-order valence-electron chi connectivity index (χ2n) is 3.76. The van der Waals surface area contributed by atoms with E-state index in [2.05, 4.69) is 4.98 Å². The van der Waals surface area contributed by atoms with Crippen LogP contribution in [-0.2, 0) is 4.79 Å². The van der Waals surface area contributed by atoms with Crippen LogP contribution in [0.2, 0.25) is 0 Å². The molecule has 0 spiro atoms. The van der Waals surface area contributed by atoms with Crippen molar-refractivity contribution in [2.45, 2.75) is 6.42 Å². The highest BCUT2D eigenvalue weighted by Gasteiger charge is 2.33. The Morgan fingerprint density at radius 3 is 3.11 bits per heavy atom. The van der Waals surface area contributed by atoms with Crippen molar-refractivity contribution in [3.8, 4) is 0 Å². The van der Waals surface area contributed by atoms with Crippen molar-refractivity contribution in [1.29, 1.82) is 5.41 Å². The molecule has 3 rings (SSSR count). The van der Waals surface area contributed by atoms with Gasteiger partial charge in [-0.1, -0.05) is 0 Å². The normalized spacial score (nSPS) is 18.0. The number of aromatic nitrogens is 1. The molecule has 1 N–H and O–H groups in total. The fourth-order valence-corrected chi connectivity index (χ4v) is 2.45. The molecule has 0 bridgehead atoms. The Morgan fingerprint density at radius 1 is 1.56 bits per heavy atom. The number of rotatable bonds is 2. The van der Waals surface area contributed by atoms with E-state index in [1.807, 2.05) is 0 Å². The van der Waals surface area contributed by atoms with Gasteiger partial charge in [-0.05, 0) is 18.2 Å². The number of amidine groups is 1. The van der Waals surface area contributed by atoms with Gasteiger partial charge in [0.05, 0.1) is 6.26 Å². The number of hydrogen-bond acceptors (Lipinski definition) is 5. The fourth-order valence-electron chi connectivity index (χ4n) is 1.79. The Morgan fingerprint density at radius 2 is 2.44 bits per heavy atom. The monoisotopic (exact) mass is 259 g/mol. The summed E-state index contributed by atoms with van der Waals surface area (Å²) >= 11 is 1.34. The summed E-state index contributed by atoms with van der Waals surface area (Å²) in [5.41, 5.74) is 0.546. The van der Waals surface area contributed by atoms with Crippen molar-refractivity contribution in [3.63, 3.8) is 0 Å². The zero-order valence-electron chi connectivity index (χ0n) is 9.29. The van der Waals surface area contributed by atoms with Crippen LogP contribution >= 0.6 is 11.3 Å². The lowest BCUT2D eigenvalue weighted by Crippen LogP contribution is -2.28. The van der Waals surface area contributed by atoms with Crippen LogP contribution in [0.4, 0.5) is 5.13 Å². The van der Waals surface area contributed by atoms with Crippen LogP contribution in [-0.4, -0.2) is 16.7 Å². The van der Waals surface area contributed by atoms with Gasteiger partial charge in [-0.25, -0.2) is 9.88 Å². The summed E-state index contributed by atoms with van der Waals surface area (Å²) in [5.74, 6) is 0.659. The lowest BCUT2D eigenvalue weighted by atomic mass is 10.2. The Hall–Kier alpha value is -2.21. The maximum Gasteiger partial charge on any atom is 0.262 e. The van der Waals surface area contributed by atoms with E-state index in [4.69, 9.17) is 9.83 Å². The highest BCUT2D eigenvalue weighted by atomic mass is 32.1. The SMILES string of the molecule is N=C1C/C(=C/c2ccco2)C(=O)N1c1nccs1. The minimum Gasteiger partial charge on any atom is -0.465 e. The molecule has 3 heterocycles. The largest absolute Gasteiger partial charge is 0.465 e. The average molecular weight is 259 g/mol. The fraction of sp³-hybridized carbons (Fsp3) is 0.0833. The van der Waals surface area contributed by atoms with Gasteiger partial charge < -0.3 is 4.42 Å². The molecule has 1 aliphatic heterocycles. The first-order chi connectivity index (χ1) is 8.75. The summed E-state index contributed by atoms with van der Waals surface area (Å²) in [7, 11) is 0. The van der Waals surface area contributed by atoms with E-state index in [1.54, 1.807) is 36.0 Å². The van der Waals surface area contributed by atoms with Gasteiger partial charge in [0.15, 0.2) is 5.13 Å². The van der Waals surface area contributed by atoms with Crippen LogP contribution in [0.15, 0.2) is 40.0 Å². The van der Waals surface area contributed by atoms with Gasteiger partial charge in [-0.2, -0.15) is 0 Å². The molecule has 18 heavy (non-hydrogen) atoms. The van der Waals surface area contributed by atoms with E-state index in [1.165, 1.54) is 16.2 Å². The summed E-state index contributed by atoms with van der Waals surface area (Å²) in [6.45, 7) is 0. The molecule has 1 amide bonds. The Kier molecular flexibility index (Phi) is 2.56.